The molecule has 5 heteroatoms. The molecule has 18 heavy (non-hydrogen) atoms. The van der Waals surface area contributed by atoms with Crippen molar-refractivity contribution in [2.24, 2.45) is 5.92 Å². The molecule has 1 aliphatic heterocycles. The average molecular weight is 249 g/mol. The number of pyridine rings is 1. The molecule has 2 rings (SSSR count). The number of carbonyl (C=O) groups is 1. The molecule has 1 aliphatic rings. The molecule has 98 valence electrons. The second-order valence-electron chi connectivity index (χ2n) is 4.72. The monoisotopic (exact) mass is 249 g/mol. The van der Waals surface area contributed by atoms with Gasteiger partial charge in [0.1, 0.15) is 0 Å². The summed E-state index contributed by atoms with van der Waals surface area (Å²) in [6, 6.07) is 1.71. The lowest BCUT2D eigenvalue weighted by Gasteiger charge is -2.28. The molecule has 2 heterocycles. The van der Waals surface area contributed by atoms with Crippen LogP contribution in [-0.4, -0.2) is 41.7 Å². The maximum absolute atomic E-state index is 12.0. The Labute approximate surface area is 107 Å². The van der Waals surface area contributed by atoms with Gasteiger partial charge in [0.2, 0.25) is 0 Å². The molecule has 0 aliphatic carbocycles. The van der Waals surface area contributed by atoms with E-state index in [4.69, 9.17) is 0 Å². The molecule has 0 unspecified atom stereocenters. The van der Waals surface area contributed by atoms with Gasteiger partial charge in [-0.2, -0.15) is 0 Å². The van der Waals surface area contributed by atoms with E-state index in [1.165, 1.54) is 0 Å². The Bertz CT molecular complexity index is 422. The number of nitrogens with zero attached hydrogens (tertiary/aromatic N) is 1. The van der Waals surface area contributed by atoms with Gasteiger partial charge in [0.05, 0.1) is 6.10 Å². The minimum absolute atomic E-state index is 0.0966. The van der Waals surface area contributed by atoms with Crippen LogP contribution < -0.4 is 10.6 Å². The fraction of sp³-hybridized carbons (Fsp3) is 0.538. The van der Waals surface area contributed by atoms with Crippen molar-refractivity contribution in [3.8, 4) is 0 Å². The Hall–Kier alpha value is -1.46. The highest BCUT2D eigenvalue weighted by Gasteiger charge is 2.23. The normalized spacial score (nSPS) is 23.7. The molecule has 1 saturated heterocycles. The van der Waals surface area contributed by atoms with Gasteiger partial charge in [-0.3, -0.25) is 9.78 Å². The highest BCUT2D eigenvalue weighted by molar-refractivity contribution is 5.95. The molecule has 1 aromatic rings. The third-order valence-electron chi connectivity index (χ3n) is 3.38. The maximum Gasteiger partial charge on any atom is 0.251 e. The van der Waals surface area contributed by atoms with Crippen LogP contribution in [0.4, 0.5) is 0 Å². The lowest BCUT2D eigenvalue weighted by Crippen LogP contribution is -2.45. The largest absolute Gasteiger partial charge is 0.391 e. The number of hydrogen-bond acceptors (Lipinski definition) is 4. The van der Waals surface area contributed by atoms with Gasteiger partial charge in [0.25, 0.3) is 5.91 Å². The molecule has 1 fully saturated rings. The van der Waals surface area contributed by atoms with Crippen molar-refractivity contribution >= 4 is 5.91 Å². The molecule has 1 amide bonds. The summed E-state index contributed by atoms with van der Waals surface area (Å²) in [6.45, 7) is 3.88. The molecule has 5 nitrogen and oxygen atoms in total. The second-order valence-corrected chi connectivity index (χ2v) is 4.72. The summed E-state index contributed by atoms with van der Waals surface area (Å²) >= 11 is 0. The van der Waals surface area contributed by atoms with Gasteiger partial charge in [-0.25, -0.2) is 0 Å². The first-order valence-electron chi connectivity index (χ1n) is 6.26. The van der Waals surface area contributed by atoms with Crippen LogP contribution in [0.2, 0.25) is 0 Å². The van der Waals surface area contributed by atoms with Gasteiger partial charge in [0, 0.05) is 37.0 Å². The zero-order valence-electron chi connectivity index (χ0n) is 10.5. The quantitative estimate of drug-likeness (QED) is 0.710. The van der Waals surface area contributed by atoms with Crippen LogP contribution in [-0.2, 0) is 0 Å². The maximum atomic E-state index is 12.0. The van der Waals surface area contributed by atoms with Crippen LogP contribution in [0, 0.1) is 12.8 Å². The van der Waals surface area contributed by atoms with Crippen molar-refractivity contribution in [2.45, 2.75) is 19.4 Å². The van der Waals surface area contributed by atoms with Gasteiger partial charge in [-0.15, -0.1) is 0 Å². The topological polar surface area (TPSA) is 74.2 Å². The van der Waals surface area contributed by atoms with E-state index < -0.39 is 0 Å². The van der Waals surface area contributed by atoms with E-state index >= 15 is 0 Å². The molecule has 2 atom stereocenters. The minimum atomic E-state index is -0.377. The van der Waals surface area contributed by atoms with Crippen LogP contribution in [0.5, 0.6) is 0 Å². The number of nitrogens with one attached hydrogen (secondary N) is 2. The van der Waals surface area contributed by atoms with Crippen molar-refractivity contribution in [3.63, 3.8) is 0 Å². The lowest BCUT2D eigenvalue weighted by atomic mass is 9.95. The summed E-state index contributed by atoms with van der Waals surface area (Å²) in [4.78, 5) is 15.9. The molecule has 3 N–H and O–H groups in total. The fourth-order valence-corrected chi connectivity index (χ4v) is 2.18. The van der Waals surface area contributed by atoms with Gasteiger partial charge in [-0.1, -0.05) is 0 Å². The van der Waals surface area contributed by atoms with E-state index in [1.807, 2.05) is 6.92 Å². The van der Waals surface area contributed by atoms with Crippen molar-refractivity contribution in [3.05, 3.63) is 29.6 Å². The summed E-state index contributed by atoms with van der Waals surface area (Å²) < 4.78 is 0. The summed E-state index contributed by atoms with van der Waals surface area (Å²) in [5.74, 6) is 0.0398. The van der Waals surface area contributed by atoms with Gasteiger partial charge >= 0.3 is 0 Å². The van der Waals surface area contributed by atoms with Crippen LogP contribution in [0.15, 0.2) is 18.5 Å². The lowest BCUT2D eigenvalue weighted by molar-refractivity contribution is 0.0753. The Balaban J connectivity index is 1.90. The first-order chi connectivity index (χ1) is 8.68. The van der Waals surface area contributed by atoms with Crippen LogP contribution >= 0.6 is 0 Å². The average Bonchev–Trinajstić information content (AvgIpc) is 2.38. The highest BCUT2D eigenvalue weighted by atomic mass is 16.3. The molecule has 0 aromatic carbocycles. The number of aromatic nitrogens is 1. The van der Waals surface area contributed by atoms with E-state index in [2.05, 4.69) is 15.6 Å². The van der Waals surface area contributed by atoms with E-state index in [0.29, 0.717) is 18.7 Å². The molecule has 0 saturated carbocycles. The molecule has 1 aromatic heterocycles. The van der Waals surface area contributed by atoms with Crippen LogP contribution in [0.3, 0.4) is 0 Å². The van der Waals surface area contributed by atoms with E-state index in [1.54, 1.807) is 18.5 Å². The third kappa shape index (κ3) is 3.05. The fourth-order valence-electron chi connectivity index (χ4n) is 2.18. The highest BCUT2D eigenvalue weighted by Crippen LogP contribution is 2.12. The molecular formula is C13H19N3O2. The second kappa shape index (κ2) is 5.93. The summed E-state index contributed by atoms with van der Waals surface area (Å²) in [7, 11) is 0. The molecular weight excluding hydrogens is 230 g/mol. The number of carbonyl (C=O) groups excluding carboxylic acids is 1. The number of aliphatic hydroxyl groups excluding tert-OH is 1. The van der Waals surface area contributed by atoms with Gasteiger partial charge in [0.15, 0.2) is 0 Å². The van der Waals surface area contributed by atoms with Crippen LogP contribution in [0.1, 0.15) is 22.3 Å². The zero-order valence-corrected chi connectivity index (χ0v) is 10.5. The number of aliphatic hydroxyl groups is 1. The number of aryl methyl sites for hydroxylation is 1. The van der Waals surface area contributed by atoms with Crippen LogP contribution in [0.25, 0.3) is 0 Å². The third-order valence-corrected chi connectivity index (χ3v) is 3.38. The Morgan fingerprint density at radius 3 is 3.22 bits per heavy atom. The molecule has 0 spiro atoms. The van der Waals surface area contributed by atoms with E-state index in [9.17, 15) is 9.90 Å². The van der Waals surface area contributed by atoms with Crippen molar-refractivity contribution in [1.82, 2.24) is 15.6 Å². The first kappa shape index (κ1) is 13.0. The first-order valence-corrected chi connectivity index (χ1v) is 6.26. The van der Waals surface area contributed by atoms with E-state index in [-0.39, 0.29) is 17.9 Å². The molecule has 0 radical (unpaired) electrons. The number of piperidine rings is 1. The Morgan fingerprint density at radius 1 is 1.67 bits per heavy atom. The smallest absolute Gasteiger partial charge is 0.251 e. The Kier molecular flexibility index (Phi) is 4.28. The zero-order chi connectivity index (χ0) is 13.0. The number of amides is 1. The summed E-state index contributed by atoms with van der Waals surface area (Å²) in [6.07, 6.45) is 3.80. The summed E-state index contributed by atoms with van der Waals surface area (Å²) in [5, 5.41) is 15.8. The van der Waals surface area contributed by atoms with Gasteiger partial charge in [-0.05, 0) is 31.5 Å². The summed E-state index contributed by atoms with van der Waals surface area (Å²) in [5.41, 5.74) is 1.51. The van der Waals surface area contributed by atoms with Crippen molar-refractivity contribution < 1.29 is 9.90 Å². The standard InChI is InChI=1S/C13H19N3O2/c1-9-6-14-5-3-11(9)13(18)16-7-10-2-4-15-8-12(10)17/h3,5-6,10,12,15,17H,2,4,7-8H2,1H3,(H,16,18)/t10-,12+/m0/s1. The Morgan fingerprint density at radius 2 is 2.50 bits per heavy atom. The van der Waals surface area contributed by atoms with E-state index in [0.717, 1.165) is 18.5 Å². The van der Waals surface area contributed by atoms with Crippen molar-refractivity contribution in [2.75, 3.05) is 19.6 Å². The molecule has 0 bridgehead atoms. The minimum Gasteiger partial charge on any atom is -0.391 e. The van der Waals surface area contributed by atoms with Crippen molar-refractivity contribution in [1.29, 1.82) is 0 Å². The van der Waals surface area contributed by atoms with Gasteiger partial charge < -0.3 is 15.7 Å². The predicted octanol–water partition coefficient (Wildman–Crippen LogP) is 0.0902. The SMILES string of the molecule is Cc1cnccc1C(=O)NC[C@@H]1CCNC[C@H]1O. The number of β-amino-alcohol motifs (C(OH)–C–C–N with tert-alkyl or cyclic N) is 1. The number of hydrogen-bond donors (Lipinski definition) is 3. The predicted molar refractivity (Wildman–Crippen MR) is 68.3 cm³/mol. The number of rotatable bonds is 3.